The first kappa shape index (κ1) is 14.3. The molecule has 3 rings (SSSR count). The first-order valence-electron chi connectivity index (χ1n) is 7.29. The molecule has 1 aliphatic carbocycles. The number of carbonyl (C=O) groups excluding carboxylic acids is 1. The van der Waals surface area contributed by atoms with Crippen LogP contribution in [0.1, 0.15) is 48.7 Å². The molecular weight excluding hydrogens is 280 g/mol. The fourth-order valence-electron chi connectivity index (χ4n) is 2.25. The summed E-state index contributed by atoms with van der Waals surface area (Å²) in [7, 11) is 0. The Labute approximate surface area is 128 Å². The average Bonchev–Trinajstić information content (AvgIpc) is 3.24. The molecule has 2 aromatic heterocycles. The second-order valence-electron chi connectivity index (χ2n) is 6.27. The largest absolute Gasteiger partial charge is 0.350 e. The molecule has 1 aliphatic rings. The van der Waals surface area contributed by atoms with Crippen LogP contribution in [0.15, 0.2) is 12.4 Å². The molecule has 2 aromatic rings. The van der Waals surface area contributed by atoms with Gasteiger partial charge >= 0.3 is 0 Å². The van der Waals surface area contributed by atoms with Crippen LogP contribution in [-0.2, 0) is 0 Å². The molecule has 7 heteroatoms. The summed E-state index contributed by atoms with van der Waals surface area (Å²) in [5.74, 6) is 0.266. The Kier molecular flexibility index (Phi) is 3.45. The Bertz CT molecular complexity index is 753. The summed E-state index contributed by atoms with van der Waals surface area (Å²) >= 11 is 0. The van der Waals surface area contributed by atoms with Crippen LogP contribution < -0.4 is 10.6 Å². The highest BCUT2D eigenvalue weighted by molar-refractivity contribution is 6.04. The number of nitrogens with zero attached hydrogens (tertiary/aromatic N) is 3. The maximum atomic E-state index is 12.4. The van der Waals surface area contributed by atoms with Crippen molar-refractivity contribution < 1.29 is 4.79 Å². The van der Waals surface area contributed by atoms with E-state index in [-0.39, 0.29) is 5.91 Å². The SMILES string of the molecule is CC(C)(CNC(=O)c1c[nH]c2ncc(C3CC3)nc12)NC#N. The van der Waals surface area contributed by atoms with Crippen LogP contribution >= 0.6 is 0 Å². The maximum absolute atomic E-state index is 12.4. The van der Waals surface area contributed by atoms with Gasteiger partial charge in [0.2, 0.25) is 0 Å². The Morgan fingerprint density at radius 1 is 1.55 bits per heavy atom. The lowest BCUT2D eigenvalue weighted by Crippen LogP contribution is -2.47. The molecule has 0 aliphatic heterocycles. The van der Waals surface area contributed by atoms with Crippen molar-refractivity contribution in [1.82, 2.24) is 25.6 Å². The van der Waals surface area contributed by atoms with Crippen molar-refractivity contribution >= 4 is 17.1 Å². The molecule has 0 radical (unpaired) electrons. The molecule has 0 aromatic carbocycles. The number of aromatic amines is 1. The number of carbonyl (C=O) groups is 1. The molecule has 0 saturated heterocycles. The summed E-state index contributed by atoms with van der Waals surface area (Å²) < 4.78 is 0. The smallest absolute Gasteiger partial charge is 0.255 e. The van der Waals surface area contributed by atoms with E-state index in [0.717, 1.165) is 18.5 Å². The average molecular weight is 298 g/mol. The molecule has 22 heavy (non-hydrogen) atoms. The molecule has 0 atom stereocenters. The summed E-state index contributed by atoms with van der Waals surface area (Å²) in [4.78, 5) is 24.2. The van der Waals surface area contributed by atoms with E-state index in [4.69, 9.17) is 5.26 Å². The number of hydrogen-bond acceptors (Lipinski definition) is 5. The van der Waals surface area contributed by atoms with Crippen molar-refractivity contribution in [3.63, 3.8) is 0 Å². The van der Waals surface area contributed by atoms with Crippen LogP contribution in [0.5, 0.6) is 0 Å². The summed E-state index contributed by atoms with van der Waals surface area (Å²) in [5.41, 5.74) is 2.16. The van der Waals surface area contributed by atoms with Crippen LogP contribution in [0.2, 0.25) is 0 Å². The van der Waals surface area contributed by atoms with Crippen LogP contribution in [0, 0.1) is 11.5 Å². The minimum atomic E-state index is -0.499. The zero-order valence-electron chi connectivity index (χ0n) is 12.6. The van der Waals surface area contributed by atoms with Gasteiger partial charge < -0.3 is 15.6 Å². The quantitative estimate of drug-likeness (QED) is 0.571. The van der Waals surface area contributed by atoms with E-state index in [1.54, 1.807) is 12.4 Å². The lowest BCUT2D eigenvalue weighted by atomic mass is 10.1. The summed E-state index contributed by atoms with van der Waals surface area (Å²) in [6.07, 6.45) is 7.57. The lowest BCUT2D eigenvalue weighted by molar-refractivity contribution is 0.0945. The first-order chi connectivity index (χ1) is 10.5. The number of fused-ring (bicyclic) bond motifs is 1. The van der Waals surface area contributed by atoms with Gasteiger partial charge in [0, 0.05) is 18.7 Å². The maximum Gasteiger partial charge on any atom is 0.255 e. The Morgan fingerprint density at radius 2 is 2.32 bits per heavy atom. The molecule has 0 spiro atoms. The van der Waals surface area contributed by atoms with Crippen molar-refractivity contribution in [2.75, 3.05) is 6.54 Å². The molecule has 1 amide bonds. The van der Waals surface area contributed by atoms with Gasteiger partial charge in [-0.1, -0.05) is 0 Å². The minimum absolute atomic E-state index is 0.221. The van der Waals surface area contributed by atoms with Crippen molar-refractivity contribution in [3.05, 3.63) is 23.7 Å². The standard InChI is InChI=1S/C15H18N6O/c1-15(2,20-8-16)7-19-14(22)10-5-17-13-12(10)21-11(6-18-13)9-3-4-9/h5-6,9,20H,3-4,7H2,1-2H3,(H,17,18)(H,19,22). The van der Waals surface area contributed by atoms with E-state index in [0.29, 0.717) is 29.2 Å². The Morgan fingerprint density at radius 3 is 3.00 bits per heavy atom. The molecule has 0 unspecified atom stereocenters. The van der Waals surface area contributed by atoms with E-state index < -0.39 is 5.54 Å². The monoisotopic (exact) mass is 298 g/mol. The highest BCUT2D eigenvalue weighted by atomic mass is 16.1. The molecule has 3 N–H and O–H groups in total. The second-order valence-corrected chi connectivity index (χ2v) is 6.27. The number of hydrogen-bond donors (Lipinski definition) is 3. The van der Waals surface area contributed by atoms with E-state index in [2.05, 4.69) is 25.6 Å². The molecule has 1 saturated carbocycles. The third-order valence-corrected chi connectivity index (χ3v) is 3.72. The van der Waals surface area contributed by atoms with E-state index in [1.165, 1.54) is 0 Å². The molecule has 114 valence electrons. The number of rotatable bonds is 5. The summed E-state index contributed by atoms with van der Waals surface area (Å²) in [6.45, 7) is 4.02. The van der Waals surface area contributed by atoms with Crippen LogP contribution in [0.3, 0.4) is 0 Å². The highest BCUT2D eigenvalue weighted by Gasteiger charge is 2.27. The van der Waals surface area contributed by atoms with Gasteiger partial charge in [0.25, 0.3) is 5.91 Å². The van der Waals surface area contributed by atoms with Gasteiger partial charge in [0.1, 0.15) is 5.52 Å². The molecule has 0 bridgehead atoms. The summed E-state index contributed by atoms with van der Waals surface area (Å²) in [6, 6.07) is 0. The van der Waals surface area contributed by atoms with E-state index >= 15 is 0 Å². The van der Waals surface area contributed by atoms with Crippen molar-refractivity contribution in [3.8, 4) is 6.19 Å². The first-order valence-corrected chi connectivity index (χ1v) is 7.29. The minimum Gasteiger partial charge on any atom is -0.350 e. The number of H-pyrrole nitrogens is 1. The number of nitriles is 1. The van der Waals surface area contributed by atoms with E-state index in [9.17, 15) is 4.79 Å². The van der Waals surface area contributed by atoms with Gasteiger partial charge in [-0.05, 0) is 26.7 Å². The van der Waals surface area contributed by atoms with E-state index in [1.807, 2.05) is 20.0 Å². The lowest BCUT2D eigenvalue weighted by Gasteiger charge is -2.22. The zero-order valence-corrected chi connectivity index (χ0v) is 12.6. The van der Waals surface area contributed by atoms with Crippen LogP contribution in [-0.4, -0.2) is 32.9 Å². The second kappa shape index (κ2) is 5.30. The van der Waals surface area contributed by atoms with Gasteiger partial charge in [-0.25, -0.2) is 9.97 Å². The summed E-state index contributed by atoms with van der Waals surface area (Å²) in [5, 5.41) is 14.2. The normalized spacial score (nSPS) is 14.6. The predicted molar refractivity (Wildman–Crippen MR) is 81.0 cm³/mol. The van der Waals surface area contributed by atoms with Crippen molar-refractivity contribution in [2.45, 2.75) is 38.1 Å². The fourth-order valence-corrected chi connectivity index (χ4v) is 2.25. The topological polar surface area (TPSA) is 106 Å². The van der Waals surface area contributed by atoms with Crippen molar-refractivity contribution in [1.29, 1.82) is 5.26 Å². The number of nitrogens with one attached hydrogen (secondary N) is 3. The third-order valence-electron chi connectivity index (χ3n) is 3.72. The molecule has 7 nitrogen and oxygen atoms in total. The molecular formula is C15H18N6O. The predicted octanol–water partition coefficient (Wildman–Crippen LogP) is 1.41. The van der Waals surface area contributed by atoms with Crippen molar-refractivity contribution in [2.24, 2.45) is 0 Å². The fraction of sp³-hybridized carbons (Fsp3) is 0.467. The Hall–Kier alpha value is -2.62. The van der Waals surface area contributed by atoms with Gasteiger partial charge in [-0.3, -0.25) is 4.79 Å². The van der Waals surface area contributed by atoms with Gasteiger partial charge in [-0.15, -0.1) is 0 Å². The number of amides is 1. The number of aromatic nitrogens is 3. The highest BCUT2D eigenvalue weighted by Crippen LogP contribution is 2.39. The Balaban J connectivity index is 1.79. The van der Waals surface area contributed by atoms with Crippen LogP contribution in [0.4, 0.5) is 0 Å². The molecule has 1 fully saturated rings. The van der Waals surface area contributed by atoms with Gasteiger partial charge in [0.05, 0.1) is 23.0 Å². The molecule has 2 heterocycles. The van der Waals surface area contributed by atoms with Gasteiger partial charge in [-0.2, -0.15) is 5.26 Å². The third kappa shape index (κ3) is 2.86. The van der Waals surface area contributed by atoms with Gasteiger partial charge in [0.15, 0.2) is 11.8 Å². The zero-order chi connectivity index (χ0) is 15.7. The van der Waals surface area contributed by atoms with Crippen LogP contribution in [0.25, 0.3) is 11.2 Å².